The van der Waals surface area contributed by atoms with Crippen molar-refractivity contribution >= 4 is 15.9 Å². The minimum absolute atomic E-state index is 0.0442. The molecule has 200 valence electrons. The average molecular weight is 527 g/mol. The van der Waals surface area contributed by atoms with Gasteiger partial charge in [-0.15, -0.1) is 0 Å². The molecule has 1 saturated carbocycles. The van der Waals surface area contributed by atoms with Gasteiger partial charge in [-0.25, -0.2) is 13.2 Å². The van der Waals surface area contributed by atoms with Crippen molar-refractivity contribution in [3.63, 3.8) is 0 Å². The molecule has 0 spiro atoms. The quantitative estimate of drug-likeness (QED) is 0.573. The number of hydrogen-bond acceptors (Lipinski definition) is 6. The molecular formula is C29H38N2O5S. The van der Waals surface area contributed by atoms with Gasteiger partial charge in [-0.1, -0.05) is 48.0 Å². The summed E-state index contributed by atoms with van der Waals surface area (Å²) < 4.78 is 38.7. The molecule has 0 unspecified atom stereocenters. The van der Waals surface area contributed by atoms with Crippen molar-refractivity contribution in [2.75, 3.05) is 26.4 Å². The molecule has 2 aromatic rings. The van der Waals surface area contributed by atoms with E-state index >= 15 is 0 Å². The van der Waals surface area contributed by atoms with E-state index in [9.17, 15) is 13.2 Å². The summed E-state index contributed by atoms with van der Waals surface area (Å²) in [6.45, 7) is 6.76. The van der Waals surface area contributed by atoms with Gasteiger partial charge < -0.3 is 19.7 Å². The highest BCUT2D eigenvalue weighted by Crippen LogP contribution is 2.44. The predicted molar refractivity (Wildman–Crippen MR) is 142 cm³/mol. The predicted octanol–water partition coefficient (Wildman–Crippen LogP) is 4.47. The molecule has 4 atom stereocenters. The van der Waals surface area contributed by atoms with Crippen LogP contribution in [0.15, 0.2) is 53.4 Å². The molecule has 2 aromatic carbocycles. The van der Waals surface area contributed by atoms with Gasteiger partial charge in [0.2, 0.25) is 0 Å². The van der Waals surface area contributed by atoms with Gasteiger partial charge in [-0.3, -0.25) is 0 Å². The molecular weight excluding hydrogens is 488 g/mol. The molecule has 5 rings (SSSR count). The number of amides is 1. The van der Waals surface area contributed by atoms with E-state index in [-0.39, 0.29) is 24.0 Å². The highest BCUT2D eigenvalue weighted by Gasteiger charge is 2.51. The van der Waals surface area contributed by atoms with Gasteiger partial charge in [0.15, 0.2) is 9.84 Å². The van der Waals surface area contributed by atoms with Crippen LogP contribution in [0.2, 0.25) is 0 Å². The summed E-state index contributed by atoms with van der Waals surface area (Å²) in [5, 5.41) is 2.67. The molecule has 0 radical (unpaired) electrons. The lowest BCUT2D eigenvalue weighted by Crippen LogP contribution is -2.42. The maximum Gasteiger partial charge on any atom is 0.410 e. The molecule has 1 aliphatic carbocycles. The van der Waals surface area contributed by atoms with E-state index < -0.39 is 15.2 Å². The Morgan fingerprint density at radius 3 is 2.57 bits per heavy atom. The van der Waals surface area contributed by atoms with Crippen molar-refractivity contribution in [3.05, 3.63) is 65.2 Å². The summed E-state index contributed by atoms with van der Waals surface area (Å²) in [7, 11) is -3.55. The molecule has 37 heavy (non-hydrogen) atoms. The van der Waals surface area contributed by atoms with Crippen LogP contribution in [-0.2, 0) is 25.9 Å². The van der Waals surface area contributed by atoms with Gasteiger partial charge in [-0.05, 0) is 81.0 Å². The van der Waals surface area contributed by atoms with Crippen molar-refractivity contribution < 1.29 is 22.7 Å². The number of carbonyl (C=O) groups excluding carboxylic acids is 1. The molecule has 2 aliphatic heterocycles. The summed E-state index contributed by atoms with van der Waals surface area (Å²) in [4.78, 5) is 15.7. The lowest BCUT2D eigenvalue weighted by molar-refractivity contribution is 0.0242. The third-order valence-corrected chi connectivity index (χ3v) is 10.6. The van der Waals surface area contributed by atoms with Crippen LogP contribution in [0.25, 0.3) is 0 Å². The van der Waals surface area contributed by atoms with Crippen LogP contribution in [0.3, 0.4) is 0 Å². The maximum absolute atomic E-state index is 13.7. The Morgan fingerprint density at radius 2 is 1.84 bits per heavy atom. The second kappa shape index (κ2) is 11.1. The van der Waals surface area contributed by atoms with Gasteiger partial charge in [0, 0.05) is 25.8 Å². The minimum atomic E-state index is -3.55. The van der Waals surface area contributed by atoms with E-state index in [0.717, 1.165) is 36.0 Å². The van der Waals surface area contributed by atoms with Crippen molar-refractivity contribution in [3.8, 4) is 0 Å². The van der Waals surface area contributed by atoms with Crippen molar-refractivity contribution in [2.24, 2.45) is 17.8 Å². The molecule has 0 bridgehead atoms. The van der Waals surface area contributed by atoms with Gasteiger partial charge in [0.25, 0.3) is 0 Å². The highest BCUT2D eigenvalue weighted by molar-refractivity contribution is 7.92. The van der Waals surface area contributed by atoms with Crippen LogP contribution in [0.4, 0.5) is 4.79 Å². The zero-order valence-electron chi connectivity index (χ0n) is 21.8. The number of benzene rings is 2. The Labute approximate surface area is 220 Å². The number of nitrogens with zero attached hydrogens (tertiary/aromatic N) is 1. The summed E-state index contributed by atoms with van der Waals surface area (Å²) in [6, 6.07) is 15.4. The zero-order valence-corrected chi connectivity index (χ0v) is 22.6. The molecule has 2 saturated heterocycles. The van der Waals surface area contributed by atoms with Crippen LogP contribution < -0.4 is 5.32 Å². The highest BCUT2D eigenvalue weighted by atomic mass is 32.2. The third-order valence-electron chi connectivity index (χ3n) is 8.32. The van der Waals surface area contributed by atoms with E-state index in [4.69, 9.17) is 9.47 Å². The number of nitrogens with one attached hydrogen (secondary N) is 1. The molecule has 0 aromatic heterocycles. The Kier molecular flexibility index (Phi) is 7.88. The lowest BCUT2D eigenvalue weighted by atomic mass is 10.0. The van der Waals surface area contributed by atoms with Crippen LogP contribution in [0.1, 0.15) is 42.4 Å². The Hall–Kier alpha value is -2.42. The lowest BCUT2D eigenvalue weighted by Gasteiger charge is -2.31. The minimum Gasteiger partial charge on any atom is -0.449 e. The Balaban J connectivity index is 1.33. The Bertz CT molecular complexity index is 1200. The first-order valence-corrected chi connectivity index (χ1v) is 15.0. The topological polar surface area (TPSA) is 84.9 Å². The van der Waals surface area contributed by atoms with Gasteiger partial charge in [0.1, 0.15) is 5.37 Å². The number of ether oxygens (including phenoxy) is 2. The van der Waals surface area contributed by atoms with Crippen LogP contribution in [0.5, 0.6) is 0 Å². The van der Waals surface area contributed by atoms with Crippen LogP contribution in [-0.4, -0.2) is 57.2 Å². The number of aryl methyl sites for hydroxylation is 2. The number of fused-ring (bicyclic) bond motifs is 1. The standard InChI is InChI=1S/C29H38N2O5S/c1-20-8-9-27(21(2)14-20)37(33,34)28-26-16-25(15-24(26)17-30-28)31(18-22-6-4-3-5-7-22)29(32)36-19-23-10-12-35-13-11-23/h3-9,14,23-26,28,30H,10-13,15-19H2,1-2H3/t24-,25+,26+,28+/m1/s1. The molecule has 2 heterocycles. The molecule has 1 N–H and O–H groups in total. The van der Waals surface area contributed by atoms with Gasteiger partial charge in [0.05, 0.1) is 11.5 Å². The number of hydrogen-bond donors (Lipinski definition) is 1. The molecule has 3 aliphatic rings. The second-order valence-corrected chi connectivity index (χ2v) is 13.0. The van der Waals surface area contributed by atoms with E-state index in [0.29, 0.717) is 50.1 Å². The first kappa shape index (κ1) is 26.2. The van der Waals surface area contributed by atoms with Crippen molar-refractivity contribution in [1.29, 1.82) is 0 Å². The van der Waals surface area contributed by atoms with Gasteiger partial charge in [-0.2, -0.15) is 0 Å². The third kappa shape index (κ3) is 5.71. The fourth-order valence-corrected chi connectivity index (χ4v) is 8.46. The fraction of sp³-hybridized carbons (Fsp3) is 0.552. The van der Waals surface area contributed by atoms with E-state index in [1.165, 1.54) is 0 Å². The van der Waals surface area contributed by atoms with E-state index in [2.05, 4.69) is 5.32 Å². The molecule has 7 nitrogen and oxygen atoms in total. The van der Waals surface area contributed by atoms with Gasteiger partial charge >= 0.3 is 6.09 Å². The summed E-state index contributed by atoms with van der Waals surface area (Å²) >= 11 is 0. The zero-order chi connectivity index (χ0) is 26.0. The molecule has 8 heteroatoms. The molecule has 3 fully saturated rings. The van der Waals surface area contributed by atoms with Crippen molar-refractivity contribution in [1.82, 2.24) is 10.2 Å². The van der Waals surface area contributed by atoms with Crippen LogP contribution in [0, 0.1) is 31.6 Å². The fourth-order valence-electron chi connectivity index (χ4n) is 6.31. The normalized spacial score (nSPS) is 26.1. The van der Waals surface area contributed by atoms with Crippen LogP contribution >= 0.6 is 0 Å². The maximum atomic E-state index is 13.7. The largest absolute Gasteiger partial charge is 0.449 e. The monoisotopic (exact) mass is 526 g/mol. The number of sulfone groups is 1. The van der Waals surface area contributed by atoms with E-state index in [1.807, 2.05) is 61.2 Å². The summed E-state index contributed by atoms with van der Waals surface area (Å²) in [5.41, 5.74) is 2.87. The SMILES string of the molecule is Cc1ccc(S(=O)(=O)[C@@H]2NC[C@H]3C[C@H](N(Cc4ccccc4)C(=O)OCC4CCOCC4)C[C@@H]32)c(C)c1. The summed E-state index contributed by atoms with van der Waals surface area (Å²) in [6.07, 6.45) is 2.93. The number of rotatable bonds is 7. The first-order chi connectivity index (χ1) is 17.8. The summed E-state index contributed by atoms with van der Waals surface area (Å²) in [5.74, 6) is 0.491. The Morgan fingerprint density at radius 1 is 1.08 bits per heavy atom. The number of carbonyl (C=O) groups is 1. The average Bonchev–Trinajstić information content (AvgIpc) is 3.48. The smallest absolute Gasteiger partial charge is 0.410 e. The van der Waals surface area contributed by atoms with E-state index in [1.54, 1.807) is 6.07 Å². The molecule has 1 amide bonds. The van der Waals surface area contributed by atoms with Crippen molar-refractivity contribution in [2.45, 2.75) is 62.4 Å². The second-order valence-electron chi connectivity index (χ2n) is 10.9. The first-order valence-electron chi connectivity index (χ1n) is 13.4.